The Morgan fingerprint density at radius 1 is 1.35 bits per heavy atom. The van der Waals surface area contributed by atoms with E-state index < -0.39 is 0 Å². The average molecular weight is 250 g/mol. The SMILES string of the molecule is Clc1ccc2ncc(CNC3CCCC3)n2c1. The average Bonchev–Trinajstić information content (AvgIpc) is 2.94. The van der Waals surface area contributed by atoms with E-state index in [2.05, 4.69) is 14.7 Å². The lowest BCUT2D eigenvalue weighted by molar-refractivity contribution is 0.518. The molecule has 4 heteroatoms. The lowest BCUT2D eigenvalue weighted by atomic mass is 10.2. The second kappa shape index (κ2) is 4.67. The Morgan fingerprint density at radius 2 is 2.18 bits per heavy atom. The number of nitrogens with one attached hydrogen (secondary N) is 1. The summed E-state index contributed by atoms with van der Waals surface area (Å²) in [6, 6.07) is 4.50. The van der Waals surface area contributed by atoms with Gasteiger partial charge in [-0.05, 0) is 25.0 Å². The molecule has 17 heavy (non-hydrogen) atoms. The predicted octanol–water partition coefficient (Wildman–Crippen LogP) is 3.02. The Kier molecular flexibility index (Phi) is 3.04. The molecule has 1 aliphatic rings. The number of aromatic nitrogens is 2. The summed E-state index contributed by atoms with van der Waals surface area (Å²) in [6.07, 6.45) is 9.17. The van der Waals surface area contributed by atoms with Crippen molar-refractivity contribution >= 4 is 17.2 Å². The van der Waals surface area contributed by atoms with Crippen molar-refractivity contribution in [3.05, 3.63) is 35.2 Å². The van der Waals surface area contributed by atoms with Gasteiger partial charge in [0.05, 0.1) is 16.9 Å². The zero-order valence-corrected chi connectivity index (χ0v) is 10.5. The number of hydrogen-bond donors (Lipinski definition) is 1. The topological polar surface area (TPSA) is 29.3 Å². The van der Waals surface area contributed by atoms with Crippen molar-refractivity contribution in [2.45, 2.75) is 38.3 Å². The van der Waals surface area contributed by atoms with Gasteiger partial charge in [0.2, 0.25) is 0 Å². The quantitative estimate of drug-likeness (QED) is 0.906. The minimum absolute atomic E-state index is 0.680. The van der Waals surface area contributed by atoms with Gasteiger partial charge in [-0.15, -0.1) is 0 Å². The van der Waals surface area contributed by atoms with E-state index >= 15 is 0 Å². The molecule has 2 aromatic heterocycles. The first-order valence-electron chi connectivity index (χ1n) is 6.18. The van der Waals surface area contributed by atoms with Crippen LogP contribution in [0.25, 0.3) is 5.65 Å². The molecule has 0 spiro atoms. The first-order valence-corrected chi connectivity index (χ1v) is 6.55. The molecular formula is C13H16ClN3. The lowest BCUT2D eigenvalue weighted by Crippen LogP contribution is -2.25. The monoisotopic (exact) mass is 249 g/mol. The molecule has 3 rings (SSSR count). The minimum Gasteiger partial charge on any atom is -0.308 e. The normalized spacial score (nSPS) is 17.0. The molecule has 0 bridgehead atoms. The highest BCUT2D eigenvalue weighted by Crippen LogP contribution is 2.18. The zero-order valence-electron chi connectivity index (χ0n) is 9.69. The summed E-state index contributed by atoms with van der Waals surface area (Å²) in [4.78, 5) is 4.37. The van der Waals surface area contributed by atoms with Crippen LogP contribution < -0.4 is 5.32 Å². The summed E-state index contributed by atoms with van der Waals surface area (Å²) in [6.45, 7) is 0.867. The number of hydrogen-bond acceptors (Lipinski definition) is 2. The zero-order chi connectivity index (χ0) is 11.7. The molecule has 90 valence electrons. The van der Waals surface area contributed by atoms with E-state index in [1.807, 2.05) is 24.5 Å². The highest BCUT2D eigenvalue weighted by atomic mass is 35.5. The smallest absolute Gasteiger partial charge is 0.137 e. The van der Waals surface area contributed by atoms with Gasteiger partial charge >= 0.3 is 0 Å². The van der Waals surface area contributed by atoms with E-state index in [4.69, 9.17) is 11.6 Å². The molecule has 1 aliphatic carbocycles. The first kappa shape index (κ1) is 11.1. The van der Waals surface area contributed by atoms with Crippen LogP contribution in [0.3, 0.4) is 0 Å². The van der Waals surface area contributed by atoms with Crippen molar-refractivity contribution in [3.63, 3.8) is 0 Å². The first-order chi connectivity index (χ1) is 8.33. The summed E-state index contributed by atoms with van der Waals surface area (Å²) in [5.41, 5.74) is 2.13. The number of imidazole rings is 1. The van der Waals surface area contributed by atoms with E-state index in [-0.39, 0.29) is 0 Å². The van der Waals surface area contributed by atoms with Gasteiger partial charge in [-0.25, -0.2) is 4.98 Å². The molecule has 0 amide bonds. The molecule has 1 fully saturated rings. The fraction of sp³-hybridized carbons (Fsp3) is 0.462. The third-order valence-electron chi connectivity index (χ3n) is 3.47. The number of fused-ring (bicyclic) bond motifs is 1. The van der Waals surface area contributed by atoms with Gasteiger partial charge in [0, 0.05) is 18.8 Å². The molecule has 3 nitrogen and oxygen atoms in total. The van der Waals surface area contributed by atoms with Crippen LogP contribution in [0, 0.1) is 0 Å². The number of rotatable bonds is 3. The van der Waals surface area contributed by atoms with Crippen LogP contribution in [0.2, 0.25) is 5.02 Å². The second-order valence-corrected chi connectivity index (χ2v) is 5.12. The molecule has 0 saturated heterocycles. The largest absolute Gasteiger partial charge is 0.308 e. The van der Waals surface area contributed by atoms with Crippen LogP contribution in [0.5, 0.6) is 0 Å². The van der Waals surface area contributed by atoms with Crippen molar-refractivity contribution in [1.29, 1.82) is 0 Å². The minimum atomic E-state index is 0.680. The fourth-order valence-electron chi connectivity index (χ4n) is 2.51. The second-order valence-electron chi connectivity index (χ2n) is 4.69. The van der Waals surface area contributed by atoms with E-state index in [1.54, 1.807) is 0 Å². The van der Waals surface area contributed by atoms with Gasteiger partial charge in [-0.3, -0.25) is 0 Å². The van der Waals surface area contributed by atoms with Crippen molar-refractivity contribution in [1.82, 2.24) is 14.7 Å². The van der Waals surface area contributed by atoms with E-state index in [0.717, 1.165) is 17.2 Å². The molecule has 2 aromatic rings. The van der Waals surface area contributed by atoms with Gasteiger partial charge in [0.25, 0.3) is 0 Å². The summed E-state index contributed by atoms with van der Waals surface area (Å²) in [5, 5.41) is 4.34. The molecule has 0 aromatic carbocycles. The number of nitrogens with zero attached hydrogens (tertiary/aromatic N) is 2. The van der Waals surface area contributed by atoms with Crippen LogP contribution in [0.15, 0.2) is 24.5 Å². The maximum atomic E-state index is 6.01. The standard InChI is InChI=1S/C13H16ClN3/c14-10-5-6-13-16-8-12(17(13)9-10)7-15-11-3-1-2-4-11/h5-6,8-9,11,15H,1-4,7H2. The highest BCUT2D eigenvalue weighted by molar-refractivity contribution is 6.30. The number of pyridine rings is 1. The highest BCUT2D eigenvalue weighted by Gasteiger charge is 2.14. The molecule has 1 saturated carbocycles. The third-order valence-corrected chi connectivity index (χ3v) is 3.70. The predicted molar refractivity (Wildman–Crippen MR) is 69.3 cm³/mol. The van der Waals surface area contributed by atoms with E-state index in [1.165, 1.54) is 31.4 Å². The summed E-state index contributed by atoms with van der Waals surface area (Å²) >= 11 is 6.01. The lowest BCUT2D eigenvalue weighted by Gasteiger charge is -2.11. The van der Waals surface area contributed by atoms with Crippen LogP contribution in [-0.4, -0.2) is 15.4 Å². The Balaban J connectivity index is 1.77. The van der Waals surface area contributed by atoms with E-state index in [9.17, 15) is 0 Å². The molecule has 1 N–H and O–H groups in total. The van der Waals surface area contributed by atoms with Crippen LogP contribution >= 0.6 is 11.6 Å². The summed E-state index contributed by atoms with van der Waals surface area (Å²) in [7, 11) is 0. The maximum Gasteiger partial charge on any atom is 0.137 e. The van der Waals surface area contributed by atoms with E-state index in [0.29, 0.717) is 6.04 Å². The molecule has 0 aliphatic heterocycles. The fourth-order valence-corrected chi connectivity index (χ4v) is 2.68. The van der Waals surface area contributed by atoms with Crippen LogP contribution in [0.4, 0.5) is 0 Å². The van der Waals surface area contributed by atoms with Gasteiger partial charge in [0.15, 0.2) is 0 Å². The summed E-state index contributed by atoms with van der Waals surface area (Å²) < 4.78 is 2.06. The van der Waals surface area contributed by atoms with Gasteiger partial charge in [-0.2, -0.15) is 0 Å². The van der Waals surface area contributed by atoms with Gasteiger partial charge in [-0.1, -0.05) is 24.4 Å². The van der Waals surface area contributed by atoms with Crippen molar-refractivity contribution in [2.24, 2.45) is 0 Å². The molecule has 0 unspecified atom stereocenters. The van der Waals surface area contributed by atoms with Crippen molar-refractivity contribution < 1.29 is 0 Å². The Hall–Kier alpha value is -1.06. The van der Waals surface area contributed by atoms with Gasteiger partial charge in [0.1, 0.15) is 5.65 Å². The summed E-state index contributed by atoms with van der Waals surface area (Å²) in [5.74, 6) is 0. The third kappa shape index (κ3) is 2.31. The molecule has 0 radical (unpaired) electrons. The Bertz CT molecular complexity index is 514. The Morgan fingerprint density at radius 3 is 3.00 bits per heavy atom. The van der Waals surface area contributed by atoms with Crippen LogP contribution in [0.1, 0.15) is 31.4 Å². The Labute approximate surface area is 106 Å². The van der Waals surface area contributed by atoms with Crippen LogP contribution in [-0.2, 0) is 6.54 Å². The van der Waals surface area contributed by atoms with Crippen molar-refractivity contribution in [2.75, 3.05) is 0 Å². The molecule has 2 heterocycles. The molecular weight excluding hydrogens is 234 g/mol. The van der Waals surface area contributed by atoms with Crippen molar-refractivity contribution in [3.8, 4) is 0 Å². The van der Waals surface area contributed by atoms with Gasteiger partial charge < -0.3 is 9.72 Å². The number of halogens is 1. The maximum absolute atomic E-state index is 6.01. The molecule has 0 atom stereocenters.